The van der Waals surface area contributed by atoms with Crippen molar-refractivity contribution in [3.8, 4) is 0 Å². The van der Waals surface area contributed by atoms with Crippen molar-refractivity contribution < 1.29 is 9.18 Å². The number of amides is 1. The monoisotopic (exact) mass is 399 g/mol. The molecule has 27 heavy (non-hydrogen) atoms. The van der Waals surface area contributed by atoms with E-state index in [-0.39, 0.29) is 11.6 Å². The van der Waals surface area contributed by atoms with Gasteiger partial charge in [-0.25, -0.2) is 4.39 Å². The number of thiophene rings is 1. The number of carbonyl (C=O) groups excluding carboxylic acids is 1. The van der Waals surface area contributed by atoms with Gasteiger partial charge in [-0.2, -0.15) is 11.3 Å². The maximum Gasteiger partial charge on any atom is 0.258 e. The molecule has 3 rings (SSSR count). The van der Waals surface area contributed by atoms with Crippen molar-refractivity contribution >= 4 is 45.9 Å². The first-order valence-electron chi connectivity index (χ1n) is 8.28. The molecule has 0 radical (unpaired) electrons. The number of thiocarbonyl (C=S) groups is 1. The van der Waals surface area contributed by atoms with Gasteiger partial charge in [-0.05, 0) is 77.9 Å². The van der Waals surface area contributed by atoms with Crippen molar-refractivity contribution in [3.63, 3.8) is 0 Å². The van der Waals surface area contributed by atoms with Gasteiger partial charge in [-0.15, -0.1) is 0 Å². The Morgan fingerprint density at radius 1 is 1.04 bits per heavy atom. The van der Waals surface area contributed by atoms with E-state index in [1.54, 1.807) is 47.7 Å². The van der Waals surface area contributed by atoms with Crippen molar-refractivity contribution in [3.05, 3.63) is 82.3 Å². The average molecular weight is 400 g/mol. The predicted octanol–water partition coefficient (Wildman–Crippen LogP) is 5.19. The number of hydrogen-bond acceptors (Lipinski definition) is 3. The van der Waals surface area contributed by atoms with Crippen molar-refractivity contribution in [2.45, 2.75) is 13.0 Å². The lowest BCUT2D eigenvalue weighted by atomic mass is 10.2. The van der Waals surface area contributed by atoms with Crippen LogP contribution in [0.4, 0.5) is 15.8 Å². The van der Waals surface area contributed by atoms with Gasteiger partial charge in [0.05, 0.1) is 11.6 Å². The fraction of sp³-hybridized carbons (Fsp3) is 0.100. The minimum absolute atomic E-state index is 0.00694. The van der Waals surface area contributed by atoms with Gasteiger partial charge in [0, 0.05) is 11.4 Å². The highest BCUT2D eigenvalue weighted by atomic mass is 32.1. The summed E-state index contributed by atoms with van der Waals surface area (Å²) >= 11 is 6.98. The van der Waals surface area contributed by atoms with Crippen LogP contribution >= 0.6 is 23.6 Å². The van der Waals surface area contributed by atoms with Crippen molar-refractivity contribution in [2.75, 3.05) is 10.6 Å². The van der Waals surface area contributed by atoms with Gasteiger partial charge in [0.1, 0.15) is 5.82 Å². The van der Waals surface area contributed by atoms with E-state index < -0.39 is 11.7 Å². The molecule has 0 aliphatic carbocycles. The molecule has 0 fully saturated rings. The summed E-state index contributed by atoms with van der Waals surface area (Å²) in [4.78, 5) is 12.1. The third-order valence-electron chi connectivity index (χ3n) is 3.91. The van der Waals surface area contributed by atoms with E-state index in [1.807, 2.05) is 12.3 Å². The molecule has 0 spiro atoms. The number of hydrogen-bond donors (Lipinski definition) is 3. The molecule has 0 aliphatic heterocycles. The first-order chi connectivity index (χ1) is 13.0. The standard InChI is InChI=1S/C20H18FN3OS2/c1-13(14-10-11-27-12-14)22-20(26)24-16-8-6-15(7-9-16)23-19(25)17-4-2-3-5-18(17)21/h2-13H,1H3,(H,23,25)(H2,22,24,26). The third-order valence-corrected chi connectivity index (χ3v) is 4.83. The SMILES string of the molecule is CC(NC(=S)Nc1ccc(NC(=O)c2ccccc2F)cc1)c1ccsc1. The maximum atomic E-state index is 13.7. The number of carbonyl (C=O) groups is 1. The van der Waals surface area contributed by atoms with Crippen LogP contribution < -0.4 is 16.0 Å². The molecule has 3 N–H and O–H groups in total. The molecule has 0 bridgehead atoms. The fourth-order valence-electron chi connectivity index (χ4n) is 2.45. The highest BCUT2D eigenvalue weighted by Gasteiger charge is 2.11. The lowest BCUT2D eigenvalue weighted by Crippen LogP contribution is -2.30. The van der Waals surface area contributed by atoms with Crippen LogP contribution in [0.1, 0.15) is 28.9 Å². The molecule has 0 saturated carbocycles. The van der Waals surface area contributed by atoms with Gasteiger partial charge in [-0.3, -0.25) is 4.79 Å². The third kappa shape index (κ3) is 5.12. The highest BCUT2D eigenvalue weighted by Crippen LogP contribution is 2.18. The molecule has 1 heterocycles. The Kier molecular flexibility index (Phi) is 6.16. The first-order valence-corrected chi connectivity index (χ1v) is 9.63. The topological polar surface area (TPSA) is 53.2 Å². The average Bonchev–Trinajstić information content (AvgIpc) is 3.18. The molecule has 1 amide bonds. The van der Waals surface area contributed by atoms with E-state index in [4.69, 9.17) is 12.2 Å². The lowest BCUT2D eigenvalue weighted by molar-refractivity contribution is 0.102. The summed E-state index contributed by atoms with van der Waals surface area (Å²) in [5.41, 5.74) is 2.54. The number of halogens is 1. The minimum atomic E-state index is -0.551. The van der Waals surface area contributed by atoms with Gasteiger partial charge < -0.3 is 16.0 Å². The summed E-state index contributed by atoms with van der Waals surface area (Å²) in [6.07, 6.45) is 0. The van der Waals surface area contributed by atoms with E-state index in [2.05, 4.69) is 27.4 Å². The van der Waals surface area contributed by atoms with E-state index in [1.165, 1.54) is 17.7 Å². The minimum Gasteiger partial charge on any atom is -0.356 e. The zero-order valence-corrected chi connectivity index (χ0v) is 16.2. The molecule has 3 aromatic rings. The van der Waals surface area contributed by atoms with Crippen LogP contribution in [0.15, 0.2) is 65.4 Å². The Hall–Kier alpha value is -2.77. The van der Waals surface area contributed by atoms with Gasteiger partial charge in [0.25, 0.3) is 5.91 Å². The predicted molar refractivity (Wildman–Crippen MR) is 113 cm³/mol. The second-order valence-electron chi connectivity index (χ2n) is 5.89. The zero-order chi connectivity index (χ0) is 19.2. The smallest absolute Gasteiger partial charge is 0.258 e. The fourth-order valence-corrected chi connectivity index (χ4v) is 3.50. The Morgan fingerprint density at radius 3 is 2.33 bits per heavy atom. The zero-order valence-electron chi connectivity index (χ0n) is 14.5. The molecule has 4 nitrogen and oxygen atoms in total. The summed E-state index contributed by atoms with van der Waals surface area (Å²) in [5, 5.41) is 13.6. The highest BCUT2D eigenvalue weighted by molar-refractivity contribution is 7.80. The van der Waals surface area contributed by atoms with E-state index in [9.17, 15) is 9.18 Å². The molecule has 0 saturated heterocycles. The number of benzene rings is 2. The molecule has 7 heteroatoms. The second-order valence-corrected chi connectivity index (χ2v) is 7.08. The van der Waals surface area contributed by atoms with Crippen molar-refractivity contribution in [1.82, 2.24) is 5.32 Å². The Labute approximate surface area is 166 Å². The summed E-state index contributed by atoms with van der Waals surface area (Å²) in [6.45, 7) is 2.04. The molecule has 1 aromatic heterocycles. The van der Waals surface area contributed by atoms with E-state index >= 15 is 0 Å². The lowest BCUT2D eigenvalue weighted by Gasteiger charge is -2.16. The van der Waals surface area contributed by atoms with Crippen LogP contribution in [0.25, 0.3) is 0 Å². The molecular formula is C20H18FN3OS2. The van der Waals surface area contributed by atoms with Crippen LogP contribution in [0.5, 0.6) is 0 Å². The number of nitrogens with one attached hydrogen (secondary N) is 3. The van der Waals surface area contributed by atoms with Crippen molar-refractivity contribution in [1.29, 1.82) is 0 Å². The number of anilines is 2. The van der Waals surface area contributed by atoms with Gasteiger partial charge in [-0.1, -0.05) is 12.1 Å². The summed E-state index contributed by atoms with van der Waals surface area (Å²) in [5.74, 6) is -1.04. The van der Waals surface area contributed by atoms with Gasteiger partial charge >= 0.3 is 0 Å². The number of rotatable bonds is 5. The first kappa shape index (κ1) is 19.0. The van der Waals surface area contributed by atoms with Crippen LogP contribution in [0.2, 0.25) is 0 Å². The van der Waals surface area contributed by atoms with Crippen LogP contribution in [0.3, 0.4) is 0 Å². The summed E-state index contributed by atoms with van der Waals surface area (Å²) in [7, 11) is 0. The van der Waals surface area contributed by atoms with Crippen molar-refractivity contribution in [2.24, 2.45) is 0 Å². The van der Waals surface area contributed by atoms with Gasteiger partial charge in [0.15, 0.2) is 5.11 Å². The summed E-state index contributed by atoms with van der Waals surface area (Å²) < 4.78 is 13.7. The molecule has 1 atom stereocenters. The maximum absolute atomic E-state index is 13.7. The quantitative estimate of drug-likeness (QED) is 0.517. The molecule has 1 unspecified atom stereocenters. The van der Waals surface area contributed by atoms with Crippen LogP contribution in [0, 0.1) is 5.82 Å². The van der Waals surface area contributed by atoms with Crippen LogP contribution in [-0.2, 0) is 0 Å². The Bertz CT molecular complexity index is 927. The van der Waals surface area contributed by atoms with E-state index in [0.717, 1.165) is 5.69 Å². The van der Waals surface area contributed by atoms with Crippen LogP contribution in [-0.4, -0.2) is 11.0 Å². The molecule has 2 aromatic carbocycles. The second kappa shape index (κ2) is 8.75. The summed E-state index contributed by atoms with van der Waals surface area (Å²) in [6, 6.07) is 15.1. The largest absolute Gasteiger partial charge is 0.356 e. The molecule has 138 valence electrons. The molecule has 0 aliphatic rings. The van der Waals surface area contributed by atoms with E-state index in [0.29, 0.717) is 10.8 Å². The van der Waals surface area contributed by atoms with Gasteiger partial charge in [0.2, 0.25) is 0 Å². The Morgan fingerprint density at radius 2 is 1.70 bits per heavy atom. The molecular weight excluding hydrogens is 381 g/mol. The normalized spacial score (nSPS) is 11.5. The Balaban J connectivity index is 1.56.